The summed E-state index contributed by atoms with van der Waals surface area (Å²) in [5.74, 6) is 0. The highest BCUT2D eigenvalue weighted by atomic mass is 32.1. The molecule has 0 bridgehead atoms. The van der Waals surface area contributed by atoms with Gasteiger partial charge >= 0.3 is 0 Å². The van der Waals surface area contributed by atoms with Crippen molar-refractivity contribution in [1.29, 1.82) is 0 Å². The van der Waals surface area contributed by atoms with Crippen molar-refractivity contribution < 1.29 is 0 Å². The Labute approximate surface area is 130 Å². The molecule has 1 aliphatic heterocycles. The number of benzene rings is 2. The molecule has 0 aliphatic carbocycles. The summed E-state index contributed by atoms with van der Waals surface area (Å²) in [6.45, 7) is 2.04. The minimum Gasteiger partial charge on any atom is -0.301 e. The van der Waals surface area contributed by atoms with Gasteiger partial charge in [-0.1, -0.05) is 36.4 Å². The SMILES string of the molecule is CC1=C(C=Nc2ccccc2)C(S)N(c2ccccc2)N1. The second-order valence-electron chi connectivity index (χ2n) is 4.87. The third-order valence-corrected chi connectivity index (χ3v) is 3.90. The molecule has 0 aromatic heterocycles. The van der Waals surface area contributed by atoms with E-state index < -0.39 is 0 Å². The first-order chi connectivity index (χ1) is 10.3. The fourth-order valence-electron chi connectivity index (χ4n) is 2.26. The Kier molecular flexibility index (Phi) is 3.97. The quantitative estimate of drug-likeness (QED) is 0.663. The summed E-state index contributed by atoms with van der Waals surface area (Å²) in [5.41, 5.74) is 7.52. The molecule has 3 rings (SSSR count). The van der Waals surface area contributed by atoms with E-state index in [0.717, 1.165) is 22.6 Å². The molecule has 21 heavy (non-hydrogen) atoms. The van der Waals surface area contributed by atoms with Crippen LogP contribution in [0.25, 0.3) is 0 Å². The lowest BCUT2D eigenvalue weighted by molar-refractivity contribution is 0.785. The van der Waals surface area contributed by atoms with Gasteiger partial charge in [-0.3, -0.25) is 10.0 Å². The molecule has 0 amide bonds. The average Bonchev–Trinajstić information content (AvgIpc) is 2.82. The van der Waals surface area contributed by atoms with Crippen molar-refractivity contribution in [3.05, 3.63) is 71.9 Å². The summed E-state index contributed by atoms with van der Waals surface area (Å²) < 4.78 is 0. The maximum atomic E-state index is 4.71. The van der Waals surface area contributed by atoms with Crippen molar-refractivity contribution in [2.24, 2.45) is 4.99 Å². The Morgan fingerprint density at radius 2 is 1.67 bits per heavy atom. The highest BCUT2D eigenvalue weighted by molar-refractivity contribution is 7.81. The molecular formula is C17H17N3S. The molecule has 1 unspecified atom stereocenters. The van der Waals surface area contributed by atoms with Gasteiger partial charge in [0, 0.05) is 17.5 Å². The molecule has 1 heterocycles. The number of allylic oxidation sites excluding steroid dienone is 1. The van der Waals surface area contributed by atoms with Crippen LogP contribution in [0.4, 0.5) is 11.4 Å². The summed E-state index contributed by atoms with van der Waals surface area (Å²) in [6.07, 6.45) is 1.89. The van der Waals surface area contributed by atoms with Crippen molar-refractivity contribution in [1.82, 2.24) is 5.43 Å². The molecule has 0 fully saturated rings. The Balaban J connectivity index is 1.80. The Bertz CT molecular complexity index is 665. The number of para-hydroxylation sites is 2. The van der Waals surface area contributed by atoms with Gasteiger partial charge < -0.3 is 5.43 Å². The van der Waals surface area contributed by atoms with E-state index in [1.807, 2.05) is 66.7 Å². The number of nitrogens with zero attached hydrogens (tertiary/aromatic N) is 2. The second kappa shape index (κ2) is 6.06. The Hall–Kier alpha value is -2.20. The number of hydrogen-bond donors (Lipinski definition) is 2. The predicted molar refractivity (Wildman–Crippen MR) is 92.1 cm³/mol. The maximum Gasteiger partial charge on any atom is 0.121 e. The Morgan fingerprint density at radius 3 is 2.33 bits per heavy atom. The molecule has 106 valence electrons. The van der Waals surface area contributed by atoms with Crippen molar-refractivity contribution in [2.75, 3.05) is 5.01 Å². The molecule has 4 heteroatoms. The molecular weight excluding hydrogens is 278 g/mol. The Morgan fingerprint density at radius 1 is 1.05 bits per heavy atom. The van der Waals surface area contributed by atoms with Gasteiger partial charge in [-0.05, 0) is 31.2 Å². The lowest BCUT2D eigenvalue weighted by atomic mass is 10.2. The molecule has 1 atom stereocenters. The largest absolute Gasteiger partial charge is 0.301 e. The second-order valence-corrected chi connectivity index (χ2v) is 5.35. The van der Waals surface area contributed by atoms with Crippen LogP contribution in [0.5, 0.6) is 0 Å². The smallest absolute Gasteiger partial charge is 0.121 e. The third kappa shape index (κ3) is 2.95. The van der Waals surface area contributed by atoms with Crippen LogP contribution in [0.3, 0.4) is 0 Å². The van der Waals surface area contributed by atoms with E-state index in [9.17, 15) is 0 Å². The fourth-order valence-corrected chi connectivity index (χ4v) is 2.71. The minimum atomic E-state index is -0.0557. The van der Waals surface area contributed by atoms with Crippen molar-refractivity contribution >= 4 is 30.2 Å². The number of aliphatic imine (C=N–C) groups is 1. The van der Waals surface area contributed by atoms with E-state index in [4.69, 9.17) is 12.6 Å². The molecule has 0 radical (unpaired) electrons. The van der Waals surface area contributed by atoms with Crippen LogP contribution in [0, 0.1) is 0 Å². The maximum absolute atomic E-state index is 4.71. The first-order valence-corrected chi connectivity index (χ1v) is 7.36. The van der Waals surface area contributed by atoms with Gasteiger partial charge in [0.15, 0.2) is 0 Å². The van der Waals surface area contributed by atoms with Crippen LogP contribution < -0.4 is 10.4 Å². The first-order valence-electron chi connectivity index (χ1n) is 6.84. The lowest BCUT2D eigenvalue weighted by Gasteiger charge is -2.24. The van der Waals surface area contributed by atoms with Crippen molar-refractivity contribution in [3.8, 4) is 0 Å². The van der Waals surface area contributed by atoms with Crippen LogP contribution >= 0.6 is 12.6 Å². The molecule has 0 saturated carbocycles. The van der Waals surface area contributed by atoms with Gasteiger partial charge in [0.2, 0.25) is 0 Å². The molecule has 0 spiro atoms. The zero-order valence-corrected chi connectivity index (χ0v) is 12.7. The molecule has 3 nitrogen and oxygen atoms in total. The van der Waals surface area contributed by atoms with E-state index in [-0.39, 0.29) is 5.37 Å². The third-order valence-electron chi connectivity index (χ3n) is 3.39. The van der Waals surface area contributed by atoms with Crippen LogP contribution in [0.2, 0.25) is 0 Å². The number of hydrazine groups is 1. The van der Waals surface area contributed by atoms with Gasteiger partial charge in [-0.25, -0.2) is 0 Å². The van der Waals surface area contributed by atoms with Crippen LogP contribution in [-0.4, -0.2) is 11.6 Å². The molecule has 2 aromatic carbocycles. The van der Waals surface area contributed by atoms with Gasteiger partial charge in [0.25, 0.3) is 0 Å². The number of thiol groups is 1. The van der Waals surface area contributed by atoms with Crippen LogP contribution in [0.1, 0.15) is 6.92 Å². The molecule has 0 saturated heterocycles. The number of hydrogen-bond acceptors (Lipinski definition) is 4. The molecule has 2 aromatic rings. The average molecular weight is 295 g/mol. The number of nitrogens with one attached hydrogen (secondary N) is 1. The minimum absolute atomic E-state index is 0.0557. The zero-order valence-electron chi connectivity index (χ0n) is 11.8. The van der Waals surface area contributed by atoms with Crippen LogP contribution in [0.15, 0.2) is 76.9 Å². The van der Waals surface area contributed by atoms with E-state index in [0.29, 0.717) is 0 Å². The summed E-state index contributed by atoms with van der Waals surface area (Å²) >= 11 is 4.71. The molecule has 1 aliphatic rings. The first kappa shape index (κ1) is 13.8. The van der Waals surface area contributed by atoms with E-state index in [1.54, 1.807) is 0 Å². The van der Waals surface area contributed by atoms with Gasteiger partial charge in [-0.2, -0.15) is 0 Å². The van der Waals surface area contributed by atoms with E-state index in [1.165, 1.54) is 0 Å². The van der Waals surface area contributed by atoms with Gasteiger partial charge in [-0.15, -0.1) is 12.6 Å². The van der Waals surface area contributed by atoms with Gasteiger partial charge in [0.1, 0.15) is 5.37 Å². The zero-order chi connectivity index (χ0) is 14.7. The summed E-state index contributed by atoms with van der Waals surface area (Å²) in [6, 6.07) is 20.1. The summed E-state index contributed by atoms with van der Waals surface area (Å²) in [4.78, 5) is 4.52. The van der Waals surface area contributed by atoms with Crippen LogP contribution in [-0.2, 0) is 0 Å². The summed E-state index contributed by atoms with van der Waals surface area (Å²) in [7, 11) is 0. The summed E-state index contributed by atoms with van der Waals surface area (Å²) in [5, 5.41) is 1.98. The van der Waals surface area contributed by atoms with Gasteiger partial charge in [0.05, 0.1) is 11.4 Å². The van der Waals surface area contributed by atoms with Crippen molar-refractivity contribution in [3.63, 3.8) is 0 Å². The number of anilines is 1. The van der Waals surface area contributed by atoms with E-state index in [2.05, 4.69) is 22.6 Å². The normalized spacial score (nSPS) is 18.4. The fraction of sp³-hybridized carbons (Fsp3) is 0.118. The highest BCUT2D eigenvalue weighted by Crippen LogP contribution is 2.28. The standard InChI is InChI=1S/C17H17N3S/c1-13-16(12-18-14-8-4-2-5-9-14)17(21)20(19-13)15-10-6-3-7-11-15/h2-12,17,19,21H,1H3. The monoisotopic (exact) mass is 295 g/mol. The predicted octanol–water partition coefficient (Wildman–Crippen LogP) is 3.94. The lowest BCUT2D eigenvalue weighted by Crippen LogP contribution is -2.36. The van der Waals surface area contributed by atoms with E-state index >= 15 is 0 Å². The van der Waals surface area contributed by atoms with Crippen molar-refractivity contribution in [2.45, 2.75) is 12.3 Å². The number of rotatable bonds is 3. The highest BCUT2D eigenvalue weighted by Gasteiger charge is 2.27. The topological polar surface area (TPSA) is 27.6 Å². The molecule has 1 N–H and O–H groups in total.